The van der Waals surface area contributed by atoms with Crippen LogP contribution in [-0.2, 0) is 30.6 Å². The first-order valence-electron chi connectivity index (χ1n) is 13.2. The molecule has 1 fully saturated rings. The lowest BCUT2D eigenvalue weighted by Gasteiger charge is -2.38. The third kappa shape index (κ3) is 5.64. The predicted molar refractivity (Wildman–Crippen MR) is 157 cm³/mol. The Morgan fingerprint density at radius 1 is 1.20 bits per heavy atom. The van der Waals surface area contributed by atoms with Gasteiger partial charge in [-0.1, -0.05) is 36.7 Å². The number of benzene rings is 2. The van der Waals surface area contributed by atoms with Gasteiger partial charge in [-0.05, 0) is 77.9 Å². The van der Waals surface area contributed by atoms with Crippen molar-refractivity contribution in [1.82, 2.24) is 9.88 Å². The van der Waals surface area contributed by atoms with Gasteiger partial charge in [0.15, 0.2) is 21.2 Å². The Bertz CT molecular complexity index is 1700. The van der Waals surface area contributed by atoms with Gasteiger partial charge in [0.2, 0.25) is 5.91 Å². The summed E-state index contributed by atoms with van der Waals surface area (Å²) in [6.45, 7) is 2.40. The Hall–Kier alpha value is -3.95. The molecule has 0 saturated carbocycles. The van der Waals surface area contributed by atoms with Crippen molar-refractivity contribution in [3.05, 3.63) is 94.5 Å². The second kappa shape index (κ2) is 11.1. The van der Waals surface area contributed by atoms with Gasteiger partial charge in [-0.15, -0.1) is 0 Å². The molecule has 0 radical (unpaired) electrons. The number of rotatable bonds is 6. The molecule has 0 bridgehead atoms. The highest BCUT2D eigenvalue weighted by Gasteiger charge is 2.51. The van der Waals surface area contributed by atoms with Crippen LogP contribution in [0.2, 0.25) is 5.02 Å². The molecule has 5 rings (SSSR count). The van der Waals surface area contributed by atoms with Crippen molar-refractivity contribution in [2.45, 2.75) is 36.7 Å². The number of aliphatic hydroxyl groups is 1. The number of carbonyl (C=O) groups is 2. The molecular formula is C31H29ClN2O6S. The minimum Gasteiger partial charge on any atom is -0.507 e. The fraction of sp³-hybridized carbons (Fsp3) is 0.258. The molecule has 3 heterocycles. The van der Waals surface area contributed by atoms with Gasteiger partial charge >= 0.3 is 5.97 Å². The van der Waals surface area contributed by atoms with Gasteiger partial charge in [0, 0.05) is 41.9 Å². The van der Waals surface area contributed by atoms with Gasteiger partial charge in [-0.2, -0.15) is 0 Å². The second-order valence-corrected chi connectivity index (χ2v) is 12.7. The van der Waals surface area contributed by atoms with Gasteiger partial charge in [-0.3, -0.25) is 9.78 Å². The van der Waals surface area contributed by atoms with E-state index in [2.05, 4.69) is 4.98 Å². The van der Waals surface area contributed by atoms with Gasteiger partial charge < -0.3 is 14.7 Å². The molecule has 1 N–H and O–H groups in total. The van der Waals surface area contributed by atoms with Crippen LogP contribution in [-0.4, -0.2) is 60.2 Å². The molecule has 2 aliphatic rings. The molecule has 1 amide bonds. The summed E-state index contributed by atoms with van der Waals surface area (Å²) in [6, 6.07) is 13.5. The van der Waals surface area contributed by atoms with E-state index in [0.717, 1.165) is 17.4 Å². The Labute approximate surface area is 243 Å². The minimum absolute atomic E-state index is 0.0237. The van der Waals surface area contributed by atoms with Crippen molar-refractivity contribution >= 4 is 45.0 Å². The number of likely N-dealkylation sites (tertiary alicyclic amines) is 1. The summed E-state index contributed by atoms with van der Waals surface area (Å²) in [5.41, 5.74) is 1.86. The monoisotopic (exact) mass is 592 g/mol. The van der Waals surface area contributed by atoms with Crippen molar-refractivity contribution in [3.63, 3.8) is 0 Å². The van der Waals surface area contributed by atoms with Crippen LogP contribution in [0.5, 0.6) is 0 Å². The number of aromatic nitrogens is 1. The number of ether oxygens (including phenoxy) is 1. The fourth-order valence-corrected chi connectivity index (χ4v) is 6.27. The highest BCUT2D eigenvalue weighted by molar-refractivity contribution is 7.90. The van der Waals surface area contributed by atoms with Gasteiger partial charge in [-0.25, -0.2) is 13.2 Å². The SMILES string of the molecule is CCc1cc(-c2cccc(S(C)(=O)=O)c2)c(Cl)cc1C1=C(O)C2(CCCN(C(=O)/C=C/c3cccnc3)C2)OC1=O. The lowest BCUT2D eigenvalue weighted by atomic mass is 9.87. The number of carbonyl (C=O) groups excluding carboxylic acids is 2. The summed E-state index contributed by atoms with van der Waals surface area (Å²) >= 11 is 6.69. The van der Waals surface area contributed by atoms with E-state index in [0.29, 0.717) is 42.5 Å². The first-order valence-corrected chi connectivity index (χ1v) is 15.5. The highest BCUT2D eigenvalue weighted by atomic mass is 35.5. The van der Waals surface area contributed by atoms with E-state index in [1.165, 1.54) is 12.1 Å². The summed E-state index contributed by atoms with van der Waals surface area (Å²) in [5.74, 6) is -1.16. The molecule has 1 atom stereocenters. The fourth-order valence-electron chi connectivity index (χ4n) is 5.33. The van der Waals surface area contributed by atoms with E-state index in [1.54, 1.807) is 59.8 Å². The van der Waals surface area contributed by atoms with Crippen LogP contribution in [0.25, 0.3) is 22.8 Å². The lowest BCUT2D eigenvalue weighted by molar-refractivity contribution is -0.155. The molecule has 10 heteroatoms. The Balaban J connectivity index is 1.48. The van der Waals surface area contributed by atoms with Crippen LogP contribution >= 0.6 is 11.6 Å². The molecule has 1 aromatic heterocycles. The van der Waals surface area contributed by atoms with E-state index in [4.69, 9.17) is 16.3 Å². The number of aliphatic hydroxyl groups excluding tert-OH is 1. The van der Waals surface area contributed by atoms with E-state index < -0.39 is 21.4 Å². The van der Waals surface area contributed by atoms with Gasteiger partial charge in [0.1, 0.15) is 5.57 Å². The van der Waals surface area contributed by atoms with Crippen molar-refractivity contribution in [2.24, 2.45) is 0 Å². The Morgan fingerprint density at radius 3 is 2.71 bits per heavy atom. The Morgan fingerprint density at radius 2 is 2.00 bits per heavy atom. The average molecular weight is 593 g/mol. The summed E-state index contributed by atoms with van der Waals surface area (Å²) in [7, 11) is -3.42. The standard InChI is InChI=1S/C31H29ClN2O6S/c1-3-21-16-24(22-8-4-9-23(15-22)41(2,38)39)26(32)17-25(21)28-29(36)31(40-30(28)37)12-6-14-34(19-31)27(35)11-10-20-7-5-13-33-18-20/h4-5,7-11,13,15-18,36H,3,6,12,14,19H2,1-2H3/b11-10+. The number of aryl methyl sites for hydroxylation is 1. The topological polar surface area (TPSA) is 114 Å². The molecule has 2 aliphatic heterocycles. The Kier molecular flexibility index (Phi) is 7.76. The molecule has 1 saturated heterocycles. The summed E-state index contributed by atoms with van der Waals surface area (Å²) in [6.07, 6.45) is 8.96. The molecule has 8 nitrogen and oxygen atoms in total. The normalized spacial score (nSPS) is 19.3. The van der Waals surface area contributed by atoms with Crippen LogP contribution in [0.3, 0.4) is 0 Å². The molecule has 1 spiro atoms. The molecule has 1 unspecified atom stereocenters. The van der Waals surface area contributed by atoms with Crippen LogP contribution in [0.1, 0.15) is 36.5 Å². The highest BCUT2D eigenvalue weighted by Crippen LogP contribution is 2.44. The maximum atomic E-state index is 13.3. The molecule has 212 valence electrons. The maximum Gasteiger partial charge on any atom is 0.343 e. The number of sulfone groups is 1. The maximum absolute atomic E-state index is 13.3. The first-order chi connectivity index (χ1) is 19.5. The van der Waals surface area contributed by atoms with Crippen LogP contribution < -0.4 is 0 Å². The zero-order chi connectivity index (χ0) is 29.4. The zero-order valence-corrected chi connectivity index (χ0v) is 24.2. The zero-order valence-electron chi connectivity index (χ0n) is 22.6. The number of nitrogens with zero attached hydrogens (tertiary/aromatic N) is 2. The summed E-state index contributed by atoms with van der Waals surface area (Å²) < 4.78 is 30.0. The third-order valence-corrected chi connectivity index (χ3v) is 8.87. The van der Waals surface area contributed by atoms with E-state index >= 15 is 0 Å². The molecular weight excluding hydrogens is 564 g/mol. The number of amides is 1. The predicted octanol–water partition coefficient (Wildman–Crippen LogP) is 5.27. The number of hydrogen-bond acceptors (Lipinski definition) is 7. The number of halogens is 1. The summed E-state index contributed by atoms with van der Waals surface area (Å²) in [4.78, 5) is 32.0. The number of pyridine rings is 1. The van der Waals surface area contributed by atoms with Crippen LogP contribution in [0.15, 0.2) is 77.7 Å². The van der Waals surface area contributed by atoms with Crippen molar-refractivity contribution in [2.75, 3.05) is 19.3 Å². The van der Waals surface area contributed by atoms with Gasteiger partial charge in [0.25, 0.3) is 0 Å². The smallest absolute Gasteiger partial charge is 0.343 e. The largest absolute Gasteiger partial charge is 0.507 e. The lowest BCUT2D eigenvalue weighted by Crippen LogP contribution is -2.51. The van der Waals surface area contributed by atoms with E-state index in [9.17, 15) is 23.1 Å². The third-order valence-electron chi connectivity index (χ3n) is 7.45. The minimum atomic E-state index is -3.42. The van der Waals surface area contributed by atoms with Crippen LogP contribution in [0.4, 0.5) is 0 Å². The van der Waals surface area contributed by atoms with Gasteiger partial charge in [0.05, 0.1) is 11.4 Å². The molecule has 41 heavy (non-hydrogen) atoms. The molecule has 0 aliphatic carbocycles. The van der Waals surface area contributed by atoms with E-state index in [1.807, 2.05) is 13.0 Å². The molecule has 2 aromatic carbocycles. The number of piperidine rings is 1. The van der Waals surface area contributed by atoms with Crippen molar-refractivity contribution in [3.8, 4) is 11.1 Å². The number of esters is 1. The quantitative estimate of drug-likeness (QED) is 0.306. The average Bonchev–Trinajstić information content (AvgIpc) is 3.19. The first kappa shape index (κ1) is 28.6. The van der Waals surface area contributed by atoms with Crippen LogP contribution in [0, 0.1) is 0 Å². The molecule has 3 aromatic rings. The van der Waals surface area contributed by atoms with Crippen molar-refractivity contribution < 1.29 is 27.9 Å². The van der Waals surface area contributed by atoms with Crippen molar-refractivity contribution in [1.29, 1.82) is 0 Å². The number of hydrogen-bond donors (Lipinski definition) is 1. The van der Waals surface area contributed by atoms with E-state index in [-0.39, 0.29) is 33.7 Å². The summed E-state index contributed by atoms with van der Waals surface area (Å²) in [5, 5.41) is 11.8. The second-order valence-electron chi connectivity index (χ2n) is 10.2.